The third-order valence-corrected chi connectivity index (χ3v) is 9.33. The molecule has 6 rings (SSSR count). The first-order valence-corrected chi connectivity index (χ1v) is 14.9. The summed E-state index contributed by atoms with van der Waals surface area (Å²) in [5, 5.41) is 9.55. The molecule has 200 valence electrons. The van der Waals surface area contributed by atoms with Crippen LogP contribution in [0.25, 0.3) is 16.6 Å². The molecular weight excluding hydrogens is 532 g/mol. The highest BCUT2D eigenvalue weighted by Crippen LogP contribution is 2.33. The summed E-state index contributed by atoms with van der Waals surface area (Å²) >= 11 is 6.40. The van der Waals surface area contributed by atoms with Gasteiger partial charge in [0.1, 0.15) is 5.82 Å². The number of hydrogen-bond acceptors (Lipinski definition) is 7. The van der Waals surface area contributed by atoms with Gasteiger partial charge in [-0.2, -0.15) is 4.52 Å². The van der Waals surface area contributed by atoms with Gasteiger partial charge >= 0.3 is 0 Å². The molecule has 1 aliphatic heterocycles. The summed E-state index contributed by atoms with van der Waals surface area (Å²) < 4.78 is 28.8. The maximum atomic E-state index is 13.6. The summed E-state index contributed by atoms with van der Waals surface area (Å²) in [6, 6.07) is 18.9. The van der Waals surface area contributed by atoms with Gasteiger partial charge in [0.25, 0.3) is 0 Å². The van der Waals surface area contributed by atoms with Gasteiger partial charge in [-0.05, 0) is 67.8 Å². The van der Waals surface area contributed by atoms with Crippen molar-refractivity contribution in [3.63, 3.8) is 0 Å². The number of piperazine rings is 1. The van der Waals surface area contributed by atoms with E-state index in [1.165, 1.54) is 21.3 Å². The van der Waals surface area contributed by atoms with Crippen LogP contribution < -0.4 is 9.80 Å². The van der Waals surface area contributed by atoms with E-state index >= 15 is 0 Å². The highest BCUT2D eigenvalue weighted by atomic mass is 35.5. The first kappa shape index (κ1) is 25.6. The normalized spacial score (nSPS) is 14.5. The predicted molar refractivity (Wildman–Crippen MR) is 155 cm³/mol. The second kappa shape index (κ2) is 9.81. The molecule has 0 bridgehead atoms. The van der Waals surface area contributed by atoms with E-state index in [0.717, 1.165) is 43.5 Å². The Hall–Kier alpha value is -3.69. The molecule has 0 atom stereocenters. The largest absolute Gasteiger partial charge is 0.368 e. The van der Waals surface area contributed by atoms with Gasteiger partial charge in [0.15, 0.2) is 5.65 Å². The van der Waals surface area contributed by atoms with Crippen LogP contribution in [0.4, 0.5) is 11.5 Å². The van der Waals surface area contributed by atoms with Crippen LogP contribution in [0.3, 0.4) is 0 Å². The second-order valence-corrected chi connectivity index (χ2v) is 12.3. The Kier molecular flexibility index (Phi) is 6.43. The quantitative estimate of drug-likeness (QED) is 0.289. The van der Waals surface area contributed by atoms with E-state index in [4.69, 9.17) is 16.6 Å². The molecule has 8 nitrogen and oxygen atoms in total. The molecule has 10 heteroatoms. The van der Waals surface area contributed by atoms with Crippen molar-refractivity contribution in [2.75, 3.05) is 36.0 Å². The summed E-state index contributed by atoms with van der Waals surface area (Å²) in [4.78, 5) is 9.63. The predicted octanol–water partition coefficient (Wildman–Crippen LogP) is 5.27. The maximum absolute atomic E-state index is 13.6. The van der Waals surface area contributed by atoms with Crippen LogP contribution in [0.2, 0.25) is 5.02 Å². The van der Waals surface area contributed by atoms with Gasteiger partial charge in [-0.15, -0.1) is 5.10 Å². The van der Waals surface area contributed by atoms with Crippen molar-refractivity contribution in [1.29, 1.82) is 0 Å². The van der Waals surface area contributed by atoms with Crippen LogP contribution in [-0.4, -0.2) is 54.4 Å². The number of fused-ring (bicyclic) bond motifs is 3. The lowest BCUT2D eigenvalue weighted by Gasteiger charge is -2.37. The van der Waals surface area contributed by atoms with Gasteiger partial charge in [-0.1, -0.05) is 53.6 Å². The molecule has 1 fully saturated rings. The topological polar surface area (TPSA) is 83.7 Å². The third-order valence-electron chi connectivity index (χ3n) is 7.43. The van der Waals surface area contributed by atoms with E-state index in [0.29, 0.717) is 16.4 Å². The molecule has 0 spiro atoms. The van der Waals surface area contributed by atoms with E-state index in [1.54, 1.807) is 18.2 Å². The number of rotatable bonds is 5. The fourth-order valence-electron chi connectivity index (χ4n) is 5.30. The van der Waals surface area contributed by atoms with Gasteiger partial charge in [-0.25, -0.2) is 13.4 Å². The van der Waals surface area contributed by atoms with Gasteiger partial charge in [0, 0.05) is 42.3 Å². The molecule has 0 saturated carbocycles. The highest BCUT2D eigenvalue weighted by molar-refractivity contribution is 7.91. The van der Waals surface area contributed by atoms with Crippen molar-refractivity contribution < 1.29 is 8.42 Å². The molecule has 0 amide bonds. The average molecular weight is 561 g/mol. The lowest BCUT2D eigenvalue weighted by Crippen LogP contribution is -2.47. The van der Waals surface area contributed by atoms with E-state index in [-0.39, 0.29) is 15.6 Å². The molecule has 39 heavy (non-hydrogen) atoms. The van der Waals surface area contributed by atoms with Crippen LogP contribution in [0, 0.1) is 13.8 Å². The molecule has 3 aromatic carbocycles. The lowest BCUT2D eigenvalue weighted by molar-refractivity contribution is 0.592. The molecule has 3 heterocycles. The summed E-state index contributed by atoms with van der Waals surface area (Å²) in [5.41, 5.74) is 5.70. The summed E-state index contributed by atoms with van der Waals surface area (Å²) in [6.45, 7) is 9.34. The Morgan fingerprint density at radius 3 is 2.31 bits per heavy atom. The van der Waals surface area contributed by atoms with Crippen molar-refractivity contribution in [1.82, 2.24) is 19.8 Å². The summed E-state index contributed by atoms with van der Waals surface area (Å²) in [7, 11) is -3.93. The molecule has 1 saturated heterocycles. The molecular formula is C29H29ClN6O2S. The van der Waals surface area contributed by atoms with Gasteiger partial charge < -0.3 is 9.80 Å². The standard InChI is InChI=1S/C29H29ClN6O2S/c1-4-21-6-9-23(10-7-21)39(37,38)29-28-31-27(24-18-22(30)8-12-26(24)36(28)33-32-29)35-15-13-34(14-16-35)25-11-5-19(2)17-20(25)3/h5-12,17-18H,4,13-16H2,1-3H3. The number of anilines is 2. The molecule has 0 N–H and O–H groups in total. The fraction of sp³-hybridized carbons (Fsp3) is 0.276. The number of benzene rings is 3. The SMILES string of the molecule is CCc1ccc(S(=O)(=O)c2nnn3c2nc(N2CCN(c4ccc(C)cc4C)CC2)c2cc(Cl)ccc23)cc1. The zero-order valence-electron chi connectivity index (χ0n) is 22.1. The number of hydrogen-bond donors (Lipinski definition) is 0. The molecule has 0 radical (unpaired) electrons. The minimum absolute atomic E-state index is 0.154. The van der Waals surface area contributed by atoms with Crippen LogP contribution in [0.1, 0.15) is 23.6 Å². The van der Waals surface area contributed by atoms with Crippen molar-refractivity contribution in [3.05, 3.63) is 82.4 Å². The van der Waals surface area contributed by atoms with Gasteiger partial charge in [0.2, 0.25) is 14.9 Å². The van der Waals surface area contributed by atoms with Crippen molar-refractivity contribution in [2.45, 2.75) is 37.1 Å². The molecule has 0 unspecified atom stereocenters. The summed E-state index contributed by atoms with van der Waals surface area (Å²) in [5.74, 6) is 0.681. The van der Waals surface area contributed by atoms with Crippen molar-refractivity contribution >= 4 is 49.5 Å². The number of sulfone groups is 1. The van der Waals surface area contributed by atoms with Crippen LogP contribution in [0.15, 0.2) is 70.6 Å². The molecule has 0 aliphatic carbocycles. The first-order valence-electron chi connectivity index (χ1n) is 13.0. The highest BCUT2D eigenvalue weighted by Gasteiger charge is 2.29. The van der Waals surface area contributed by atoms with Crippen LogP contribution in [-0.2, 0) is 16.3 Å². The van der Waals surface area contributed by atoms with Crippen LogP contribution in [0.5, 0.6) is 0 Å². The van der Waals surface area contributed by atoms with E-state index < -0.39 is 9.84 Å². The Balaban J connectivity index is 1.42. The maximum Gasteiger partial charge on any atom is 0.229 e. The lowest BCUT2D eigenvalue weighted by atomic mass is 10.1. The Bertz CT molecular complexity index is 1810. The monoisotopic (exact) mass is 560 g/mol. The first-order chi connectivity index (χ1) is 18.8. The third kappa shape index (κ3) is 4.49. The van der Waals surface area contributed by atoms with E-state index in [9.17, 15) is 8.42 Å². The van der Waals surface area contributed by atoms with Crippen molar-refractivity contribution in [2.24, 2.45) is 0 Å². The number of nitrogens with zero attached hydrogens (tertiary/aromatic N) is 6. The molecule has 5 aromatic rings. The average Bonchev–Trinajstić information content (AvgIpc) is 3.38. The number of aromatic nitrogens is 4. The Morgan fingerprint density at radius 1 is 0.897 bits per heavy atom. The zero-order valence-corrected chi connectivity index (χ0v) is 23.7. The van der Waals surface area contributed by atoms with Crippen LogP contribution >= 0.6 is 11.6 Å². The number of aryl methyl sites for hydroxylation is 3. The molecule has 2 aromatic heterocycles. The second-order valence-electron chi connectivity index (χ2n) is 9.99. The summed E-state index contributed by atoms with van der Waals surface area (Å²) in [6.07, 6.45) is 0.825. The van der Waals surface area contributed by atoms with Gasteiger partial charge in [0.05, 0.1) is 10.4 Å². The minimum Gasteiger partial charge on any atom is -0.368 e. The zero-order chi connectivity index (χ0) is 27.3. The van der Waals surface area contributed by atoms with Crippen molar-refractivity contribution in [3.8, 4) is 0 Å². The Labute approximate surface area is 232 Å². The molecule has 1 aliphatic rings. The fourth-order valence-corrected chi connectivity index (χ4v) is 6.71. The van der Waals surface area contributed by atoms with E-state index in [2.05, 4.69) is 52.2 Å². The number of halogens is 1. The smallest absolute Gasteiger partial charge is 0.229 e. The Morgan fingerprint density at radius 2 is 1.62 bits per heavy atom. The van der Waals surface area contributed by atoms with E-state index in [1.807, 2.05) is 31.2 Å². The van der Waals surface area contributed by atoms with Gasteiger partial charge in [-0.3, -0.25) is 0 Å². The minimum atomic E-state index is -3.93.